The van der Waals surface area contributed by atoms with E-state index < -0.39 is 0 Å². The van der Waals surface area contributed by atoms with Crippen LogP contribution in [-0.2, 0) is 0 Å². The molecular weight excluding hydrogens is 412 g/mol. The van der Waals surface area contributed by atoms with Gasteiger partial charge in [0, 0.05) is 43.8 Å². The van der Waals surface area contributed by atoms with E-state index in [4.69, 9.17) is 9.47 Å². The van der Waals surface area contributed by atoms with Gasteiger partial charge in [-0.2, -0.15) is 0 Å². The number of methoxy groups -OCH3 is 1. The van der Waals surface area contributed by atoms with Gasteiger partial charge in [0.25, 0.3) is 5.91 Å². The highest BCUT2D eigenvalue weighted by molar-refractivity contribution is 7.20. The van der Waals surface area contributed by atoms with Gasteiger partial charge in [-0.1, -0.05) is 0 Å². The molecule has 4 rings (SSSR count). The number of aryl methyl sites for hydroxylation is 3. The average Bonchev–Trinajstić information content (AvgIpc) is 3.10. The van der Waals surface area contributed by atoms with Crippen LogP contribution in [0.4, 0.5) is 0 Å². The van der Waals surface area contributed by atoms with E-state index in [0.717, 1.165) is 76.4 Å². The molecule has 0 saturated carbocycles. The number of thiophene rings is 1. The fraction of sp³-hybridized carbons (Fsp3) is 0.435. The molecule has 1 aliphatic heterocycles. The molecule has 3 heterocycles. The van der Waals surface area contributed by atoms with Crippen LogP contribution in [0.15, 0.2) is 24.3 Å². The number of nitrogens with zero attached hydrogens (tertiary/aromatic N) is 4. The van der Waals surface area contributed by atoms with Crippen LogP contribution in [0.1, 0.15) is 26.8 Å². The lowest BCUT2D eigenvalue weighted by Crippen LogP contribution is -2.49. The second kappa shape index (κ2) is 9.20. The van der Waals surface area contributed by atoms with Crippen molar-refractivity contribution in [1.29, 1.82) is 0 Å². The number of piperazine rings is 1. The predicted molar refractivity (Wildman–Crippen MR) is 122 cm³/mol. The van der Waals surface area contributed by atoms with Crippen LogP contribution in [0.2, 0.25) is 0 Å². The van der Waals surface area contributed by atoms with E-state index in [2.05, 4.69) is 14.9 Å². The van der Waals surface area contributed by atoms with Crippen molar-refractivity contribution in [2.24, 2.45) is 0 Å². The van der Waals surface area contributed by atoms with E-state index in [0.29, 0.717) is 6.61 Å². The molecule has 1 aromatic carbocycles. The van der Waals surface area contributed by atoms with Gasteiger partial charge in [0.05, 0.1) is 12.0 Å². The Balaban J connectivity index is 1.31. The summed E-state index contributed by atoms with van der Waals surface area (Å²) in [6, 6.07) is 7.61. The van der Waals surface area contributed by atoms with Crippen LogP contribution in [0, 0.1) is 20.8 Å². The molecule has 0 aliphatic carbocycles. The molecule has 1 aliphatic rings. The second-order valence-electron chi connectivity index (χ2n) is 7.75. The molecule has 0 radical (unpaired) electrons. The molecule has 1 amide bonds. The molecule has 0 unspecified atom stereocenters. The fourth-order valence-electron chi connectivity index (χ4n) is 3.96. The molecule has 0 atom stereocenters. The number of rotatable bonds is 6. The number of hydrogen-bond donors (Lipinski definition) is 0. The lowest BCUT2D eigenvalue weighted by Gasteiger charge is -2.34. The van der Waals surface area contributed by atoms with Crippen molar-refractivity contribution >= 4 is 27.5 Å². The third-order valence-electron chi connectivity index (χ3n) is 5.67. The molecule has 7 nitrogen and oxygen atoms in total. The van der Waals surface area contributed by atoms with Crippen LogP contribution in [-0.4, -0.2) is 72.1 Å². The Kier molecular flexibility index (Phi) is 6.38. The Hall–Kier alpha value is -2.71. The van der Waals surface area contributed by atoms with E-state index >= 15 is 0 Å². The van der Waals surface area contributed by atoms with Gasteiger partial charge in [-0.25, -0.2) is 9.97 Å². The third-order valence-corrected chi connectivity index (χ3v) is 6.85. The van der Waals surface area contributed by atoms with Crippen molar-refractivity contribution in [3.05, 3.63) is 46.2 Å². The highest BCUT2D eigenvalue weighted by Crippen LogP contribution is 2.32. The minimum absolute atomic E-state index is 0.103. The van der Waals surface area contributed by atoms with Gasteiger partial charge in [-0.05, 0) is 50.6 Å². The van der Waals surface area contributed by atoms with Crippen LogP contribution in [0.25, 0.3) is 10.2 Å². The minimum atomic E-state index is 0.103. The molecule has 0 spiro atoms. The van der Waals surface area contributed by atoms with Crippen molar-refractivity contribution in [3.8, 4) is 11.5 Å². The molecule has 1 fully saturated rings. The average molecular weight is 441 g/mol. The van der Waals surface area contributed by atoms with Crippen LogP contribution >= 0.6 is 11.3 Å². The largest absolute Gasteiger partial charge is 0.497 e. The van der Waals surface area contributed by atoms with E-state index in [9.17, 15) is 4.79 Å². The number of hydrogen-bond acceptors (Lipinski definition) is 7. The van der Waals surface area contributed by atoms with Gasteiger partial charge in [0.2, 0.25) is 0 Å². The molecule has 31 heavy (non-hydrogen) atoms. The molecule has 2 aromatic heterocycles. The fourth-order valence-corrected chi connectivity index (χ4v) is 5.21. The molecule has 8 heteroatoms. The van der Waals surface area contributed by atoms with E-state index in [1.165, 1.54) is 11.3 Å². The van der Waals surface area contributed by atoms with Gasteiger partial charge in [-0.3, -0.25) is 9.69 Å². The number of benzene rings is 1. The van der Waals surface area contributed by atoms with Crippen molar-refractivity contribution in [3.63, 3.8) is 0 Å². The predicted octanol–water partition coefficient (Wildman–Crippen LogP) is 3.46. The van der Waals surface area contributed by atoms with Crippen molar-refractivity contribution in [1.82, 2.24) is 19.8 Å². The summed E-state index contributed by atoms with van der Waals surface area (Å²) in [5.41, 5.74) is 1.94. The molecule has 164 valence electrons. The molecule has 0 bridgehead atoms. The Bertz CT molecular complexity index is 1070. The quantitative estimate of drug-likeness (QED) is 0.585. The molecule has 1 saturated heterocycles. The van der Waals surface area contributed by atoms with Crippen molar-refractivity contribution < 1.29 is 14.3 Å². The van der Waals surface area contributed by atoms with E-state index in [1.807, 2.05) is 49.9 Å². The SMILES string of the molecule is COc1ccc(OCCN2CCN(C(=O)c3sc4nc(C)nc(C)c4c3C)CC2)cc1. The zero-order valence-corrected chi connectivity index (χ0v) is 19.3. The summed E-state index contributed by atoms with van der Waals surface area (Å²) in [5, 5.41) is 1.02. The number of fused-ring (bicyclic) bond motifs is 1. The summed E-state index contributed by atoms with van der Waals surface area (Å²) in [4.78, 5) is 28.2. The lowest BCUT2D eigenvalue weighted by molar-refractivity contribution is 0.0624. The van der Waals surface area contributed by atoms with Gasteiger partial charge >= 0.3 is 0 Å². The Morgan fingerprint density at radius 2 is 1.71 bits per heavy atom. The molecule has 3 aromatic rings. The van der Waals surface area contributed by atoms with Crippen LogP contribution in [0.3, 0.4) is 0 Å². The normalized spacial score (nSPS) is 14.8. The maximum absolute atomic E-state index is 13.2. The summed E-state index contributed by atoms with van der Waals surface area (Å²) in [6.07, 6.45) is 0. The van der Waals surface area contributed by atoms with Gasteiger partial charge < -0.3 is 14.4 Å². The molecule has 0 N–H and O–H groups in total. The monoisotopic (exact) mass is 440 g/mol. The summed E-state index contributed by atoms with van der Waals surface area (Å²) >= 11 is 1.48. The topological polar surface area (TPSA) is 67.8 Å². The molecular formula is C23H28N4O3S. The smallest absolute Gasteiger partial charge is 0.264 e. The Morgan fingerprint density at radius 3 is 2.39 bits per heavy atom. The first-order chi connectivity index (χ1) is 15.0. The first kappa shape index (κ1) is 21.5. The number of ether oxygens (including phenoxy) is 2. The first-order valence-electron chi connectivity index (χ1n) is 10.5. The van der Waals surface area contributed by atoms with Crippen molar-refractivity contribution in [2.75, 3.05) is 46.4 Å². The van der Waals surface area contributed by atoms with Gasteiger partial charge in [0.15, 0.2) is 0 Å². The Morgan fingerprint density at radius 1 is 1.03 bits per heavy atom. The van der Waals surface area contributed by atoms with Crippen LogP contribution in [0.5, 0.6) is 11.5 Å². The second-order valence-corrected chi connectivity index (χ2v) is 8.75. The highest BCUT2D eigenvalue weighted by atomic mass is 32.1. The first-order valence-corrected chi connectivity index (χ1v) is 11.3. The zero-order chi connectivity index (χ0) is 22.0. The minimum Gasteiger partial charge on any atom is -0.497 e. The van der Waals surface area contributed by atoms with Crippen LogP contribution < -0.4 is 9.47 Å². The van der Waals surface area contributed by atoms with E-state index in [-0.39, 0.29) is 5.91 Å². The van der Waals surface area contributed by atoms with Gasteiger partial charge in [0.1, 0.15) is 28.8 Å². The number of carbonyl (C=O) groups is 1. The zero-order valence-electron chi connectivity index (χ0n) is 18.5. The summed E-state index contributed by atoms with van der Waals surface area (Å²) in [5.74, 6) is 2.50. The summed E-state index contributed by atoms with van der Waals surface area (Å²) < 4.78 is 11.0. The number of amides is 1. The summed E-state index contributed by atoms with van der Waals surface area (Å²) in [6.45, 7) is 10.5. The van der Waals surface area contributed by atoms with Crippen molar-refractivity contribution in [2.45, 2.75) is 20.8 Å². The van der Waals surface area contributed by atoms with E-state index in [1.54, 1.807) is 7.11 Å². The number of aromatic nitrogens is 2. The lowest BCUT2D eigenvalue weighted by atomic mass is 10.1. The highest BCUT2D eigenvalue weighted by Gasteiger charge is 2.26. The standard InChI is InChI=1S/C23H28N4O3S/c1-15-20-16(2)24-17(3)25-22(20)31-21(15)23(28)27-11-9-26(10-12-27)13-14-30-19-7-5-18(29-4)6-8-19/h5-8H,9-14H2,1-4H3. The maximum Gasteiger partial charge on any atom is 0.264 e. The third kappa shape index (κ3) is 4.65. The number of carbonyl (C=O) groups excluding carboxylic acids is 1. The summed E-state index contributed by atoms with van der Waals surface area (Å²) in [7, 11) is 1.65. The van der Waals surface area contributed by atoms with Gasteiger partial charge in [-0.15, -0.1) is 11.3 Å². The Labute approximate surface area is 186 Å². The maximum atomic E-state index is 13.2.